The van der Waals surface area contributed by atoms with Gasteiger partial charge in [0, 0.05) is 34.7 Å². The van der Waals surface area contributed by atoms with E-state index in [0.717, 1.165) is 34.9 Å². The summed E-state index contributed by atoms with van der Waals surface area (Å²) in [6.07, 6.45) is 1.89. The quantitative estimate of drug-likeness (QED) is 0.456. The van der Waals surface area contributed by atoms with Crippen molar-refractivity contribution in [2.45, 2.75) is 13.8 Å². The van der Waals surface area contributed by atoms with Crippen LogP contribution in [0.3, 0.4) is 0 Å². The number of nitrogens with zero attached hydrogens (tertiary/aromatic N) is 3. The molecule has 0 unspecified atom stereocenters. The summed E-state index contributed by atoms with van der Waals surface area (Å²) in [5, 5.41) is 13.0. The molecule has 0 aliphatic rings. The molecular weight excluding hydrogens is 374 g/mol. The Kier molecular flexibility index (Phi) is 6.28. The molecule has 27 heavy (non-hydrogen) atoms. The first-order valence-corrected chi connectivity index (χ1v) is 10.1. The van der Waals surface area contributed by atoms with Gasteiger partial charge in [-0.15, -0.1) is 11.3 Å². The molecule has 0 N–H and O–H groups in total. The van der Waals surface area contributed by atoms with Gasteiger partial charge in [0.25, 0.3) is 0 Å². The Labute approximate surface area is 169 Å². The highest BCUT2D eigenvalue weighted by molar-refractivity contribution is 7.11. The molecule has 0 saturated carbocycles. The van der Waals surface area contributed by atoms with Crippen LogP contribution in [0.4, 0.5) is 5.69 Å². The zero-order chi connectivity index (χ0) is 19.2. The molecule has 0 saturated heterocycles. The molecule has 1 heterocycles. The Morgan fingerprint density at radius 3 is 2.37 bits per heavy atom. The summed E-state index contributed by atoms with van der Waals surface area (Å²) in [7, 11) is 0. The largest absolute Gasteiger partial charge is 0.372 e. The third kappa shape index (κ3) is 4.57. The highest BCUT2D eigenvalue weighted by Crippen LogP contribution is 2.28. The molecule has 0 aliphatic carbocycles. The summed E-state index contributed by atoms with van der Waals surface area (Å²) in [5.41, 5.74) is 4.59. The monoisotopic (exact) mass is 393 g/mol. The Balaban J connectivity index is 1.85. The molecule has 0 aliphatic heterocycles. The van der Waals surface area contributed by atoms with Crippen LogP contribution < -0.4 is 4.90 Å². The van der Waals surface area contributed by atoms with Gasteiger partial charge in [0.05, 0.1) is 11.3 Å². The van der Waals surface area contributed by atoms with Gasteiger partial charge in [-0.25, -0.2) is 4.98 Å². The number of allylic oxidation sites excluding steroid dienone is 1. The van der Waals surface area contributed by atoms with Crippen molar-refractivity contribution in [3.8, 4) is 17.3 Å². The van der Waals surface area contributed by atoms with E-state index in [1.54, 1.807) is 0 Å². The number of anilines is 1. The average molecular weight is 394 g/mol. The number of hydrogen-bond donors (Lipinski definition) is 0. The normalized spacial score (nSPS) is 11.3. The number of halogens is 1. The molecule has 3 nitrogen and oxygen atoms in total. The van der Waals surface area contributed by atoms with E-state index >= 15 is 0 Å². The second-order valence-corrected chi connectivity index (χ2v) is 7.27. The van der Waals surface area contributed by atoms with Crippen LogP contribution in [0.2, 0.25) is 5.02 Å². The van der Waals surface area contributed by atoms with Crippen molar-refractivity contribution in [2.24, 2.45) is 0 Å². The van der Waals surface area contributed by atoms with Crippen LogP contribution in [0.25, 0.3) is 22.9 Å². The van der Waals surface area contributed by atoms with E-state index in [-0.39, 0.29) is 0 Å². The minimum atomic E-state index is 0.566. The van der Waals surface area contributed by atoms with Gasteiger partial charge in [0.15, 0.2) is 0 Å². The van der Waals surface area contributed by atoms with E-state index < -0.39 is 0 Å². The van der Waals surface area contributed by atoms with Crippen molar-refractivity contribution < 1.29 is 0 Å². The predicted octanol–water partition coefficient (Wildman–Crippen LogP) is 6.37. The number of hydrogen-bond acceptors (Lipinski definition) is 4. The predicted molar refractivity (Wildman–Crippen MR) is 116 cm³/mol. The van der Waals surface area contributed by atoms with Crippen LogP contribution >= 0.6 is 22.9 Å². The van der Waals surface area contributed by atoms with E-state index in [4.69, 9.17) is 11.6 Å². The fourth-order valence-electron chi connectivity index (χ4n) is 2.83. The molecule has 3 rings (SSSR count). The Morgan fingerprint density at radius 1 is 1.11 bits per heavy atom. The van der Waals surface area contributed by atoms with Crippen LogP contribution in [0.1, 0.15) is 24.4 Å². The Bertz CT molecular complexity index is 962. The fourth-order valence-corrected chi connectivity index (χ4v) is 3.75. The van der Waals surface area contributed by atoms with E-state index in [9.17, 15) is 5.26 Å². The lowest BCUT2D eigenvalue weighted by Crippen LogP contribution is -2.21. The summed E-state index contributed by atoms with van der Waals surface area (Å²) >= 11 is 7.42. The summed E-state index contributed by atoms with van der Waals surface area (Å²) in [4.78, 5) is 6.92. The van der Waals surface area contributed by atoms with Crippen molar-refractivity contribution in [2.75, 3.05) is 18.0 Å². The van der Waals surface area contributed by atoms with Gasteiger partial charge >= 0.3 is 0 Å². The van der Waals surface area contributed by atoms with Gasteiger partial charge in [0.2, 0.25) is 0 Å². The van der Waals surface area contributed by atoms with Gasteiger partial charge in [-0.1, -0.05) is 35.9 Å². The molecule has 3 aromatic rings. The summed E-state index contributed by atoms with van der Waals surface area (Å²) in [5.74, 6) is 0. The summed E-state index contributed by atoms with van der Waals surface area (Å²) in [6.45, 7) is 6.24. The van der Waals surface area contributed by atoms with Crippen molar-refractivity contribution in [3.63, 3.8) is 0 Å². The second kappa shape index (κ2) is 8.85. The fraction of sp³-hybridized carbons (Fsp3) is 0.182. The van der Waals surface area contributed by atoms with Crippen LogP contribution in [-0.4, -0.2) is 18.1 Å². The van der Waals surface area contributed by atoms with Crippen LogP contribution in [0.5, 0.6) is 0 Å². The molecule has 2 aromatic carbocycles. The molecule has 0 amide bonds. The van der Waals surface area contributed by atoms with E-state index in [0.29, 0.717) is 10.6 Å². The van der Waals surface area contributed by atoms with Crippen molar-refractivity contribution in [3.05, 3.63) is 69.5 Å². The standard InChI is InChI=1S/C22H20ClN3S/c1-3-26(4-2)20-11-5-16(6-12-20)13-18(14-24)22-25-21(15-27-22)17-7-9-19(23)10-8-17/h5-13,15H,3-4H2,1-2H3/b18-13-. The number of benzene rings is 2. The molecule has 0 radical (unpaired) electrons. The maximum atomic E-state index is 9.60. The molecular formula is C22H20ClN3S. The molecule has 0 atom stereocenters. The number of aromatic nitrogens is 1. The number of rotatable bonds is 6. The average Bonchev–Trinajstić information content (AvgIpc) is 3.18. The Hall–Kier alpha value is -2.61. The molecule has 0 spiro atoms. The first-order chi connectivity index (χ1) is 13.1. The van der Waals surface area contributed by atoms with Crippen molar-refractivity contribution in [1.82, 2.24) is 4.98 Å². The van der Waals surface area contributed by atoms with Crippen LogP contribution in [0.15, 0.2) is 53.9 Å². The third-order valence-electron chi connectivity index (χ3n) is 4.33. The van der Waals surface area contributed by atoms with Crippen molar-refractivity contribution >= 4 is 40.3 Å². The SMILES string of the molecule is CCN(CC)c1ccc(/C=C(/C#N)c2nc(-c3ccc(Cl)cc3)cs2)cc1. The summed E-state index contributed by atoms with van der Waals surface area (Å²) in [6, 6.07) is 18.1. The van der Waals surface area contributed by atoms with E-state index in [2.05, 4.69) is 41.9 Å². The van der Waals surface area contributed by atoms with Gasteiger partial charge in [-0.2, -0.15) is 5.26 Å². The zero-order valence-electron chi connectivity index (χ0n) is 15.3. The third-order valence-corrected chi connectivity index (χ3v) is 5.46. The zero-order valence-corrected chi connectivity index (χ0v) is 16.9. The van der Waals surface area contributed by atoms with Crippen LogP contribution in [0, 0.1) is 11.3 Å². The van der Waals surface area contributed by atoms with Gasteiger partial charge in [-0.05, 0) is 49.8 Å². The minimum Gasteiger partial charge on any atom is -0.372 e. The molecule has 136 valence electrons. The minimum absolute atomic E-state index is 0.566. The molecule has 0 fully saturated rings. The lowest BCUT2D eigenvalue weighted by atomic mass is 10.1. The maximum Gasteiger partial charge on any atom is 0.134 e. The van der Waals surface area contributed by atoms with Gasteiger partial charge in [-0.3, -0.25) is 0 Å². The van der Waals surface area contributed by atoms with E-state index in [1.165, 1.54) is 17.0 Å². The number of nitriles is 1. The van der Waals surface area contributed by atoms with E-state index in [1.807, 2.05) is 47.9 Å². The number of thiazole rings is 1. The lowest BCUT2D eigenvalue weighted by Gasteiger charge is -2.20. The second-order valence-electron chi connectivity index (χ2n) is 5.98. The van der Waals surface area contributed by atoms with Crippen LogP contribution in [-0.2, 0) is 0 Å². The maximum absolute atomic E-state index is 9.60. The lowest BCUT2D eigenvalue weighted by molar-refractivity contribution is 0.866. The molecule has 0 bridgehead atoms. The topological polar surface area (TPSA) is 39.9 Å². The highest BCUT2D eigenvalue weighted by atomic mass is 35.5. The summed E-state index contributed by atoms with van der Waals surface area (Å²) < 4.78 is 0. The molecule has 1 aromatic heterocycles. The first-order valence-electron chi connectivity index (χ1n) is 8.83. The first kappa shape index (κ1) is 19.2. The Morgan fingerprint density at radius 2 is 1.78 bits per heavy atom. The van der Waals surface area contributed by atoms with Gasteiger partial charge < -0.3 is 4.90 Å². The van der Waals surface area contributed by atoms with Crippen molar-refractivity contribution in [1.29, 1.82) is 5.26 Å². The smallest absolute Gasteiger partial charge is 0.134 e. The van der Waals surface area contributed by atoms with Gasteiger partial charge in [0.1, 0.15) is 11.1 Å². The highest BCUT2D eigenvalue weighted by Gasteiger charge is 2.09. The molecule has 5 heteroatoms.